The number of aromatic nitrogens is 1. The van der Waals surface area contributed by atoms with Gasteiger partial charge in [-0.15, -0.1) is 0 Å². The van der Waals surface area contributed by atoms with Crippen molar-refractivity contribution in [2.45, 2.75) is 45.4 Å². The molecule has 0 unspecified atom stereocenters. The first-order valence-electron chi connectivity index (χ1n) is 15.0. The van der Waals surface area contributed by atoms with Crippen molar-refractivity contribution >= 4 is 33.9 Å². The molecule has 43 heavy (non-hydrogen) atoms. The fraction of sp³-hybridized carbons (Fsp3) is 0.400. The van der Waals surface area contributed by atoms with Crippen molar-refractivity contribution in [2.24, 2.45) is 5.92 Å². The van der Waals surface area contributed by atoms with Crippen molar-refractivity contribution in [3.63, 3.8) is 0 Å². The molecule has 0 spiro atoms. The molecule has 0 aliphatic carbocycles. The first-order chi connectivity index (χ1) is 20.7. The number of pyridine rings is 1. The Morgan fingerprint density at radius 2 is 1.67 bits per heavy atom. The standard InChI is InChI=1S/C35H42ClN3O4/c1-35(2,3)25-5-7-26(8-6-25)38-27-9-10-32(29(36)21-27)43-31-11-15-37-30-23-34(33(41-4)22-28(30)31)42-20-18-39-16-12-24(13-17-39)14-19-40/h5-11,15,21-24,38,40H,12-14,16-20H2,1-4H3. The van der Waals surface area contributed by atoms with Crippen LogP contribution >= 0.6 is 11.6 Å². The van der Waals surface area contributed by atoms with Gasteiger partial charge in [0.25, 0.3) is 0 Å². The van der Waals surface area contributed by atoms with Crippen LogP contribution in [0.1, 0.15) is 45.6 Å². The molecule has 7 nitrogen and oxygen atoms in total. The summed E-state index contributed by atoms with van der Waals surface area (Å²) in [5.41, 5.74) is 4.00. The maximum absolute atomic E-state index is 9.19. The molecule has 1 saturated heterocycles. The number of anilines is 2. The van der Waals surface area contributed by atoms with Gasteiger partial charge in [0.1, 0.15) is 18.1 Å². The number of piperidine rings is 1. The van der Waals surface area contributed by atoms with Crippen molar-refractivity contribution in [3.05, 3.63) is 77.4 Å². The average molecular weight is 604 g/mol. The lowest BCUT2D eigenvalue weighted by Gasteiger charge is -2.31. The number of fused-ring (bicyclic) bond motifs is 1. The molecule has 5 rings (SSSR count). The quantitative estimate of drug-likeness (QED) is 0.179. The minimum absolute atomic E-state index is 0.107. The van der Waals surface area contributed by atoms with Gasteiger partial charge in [-0.05, 0) is 91.7 Å². The average Bonchev–Trinajstić information content (AvgIpc) is 2.99. The van der Waals surface area contributed by atoms with Crippen LogP contribution < -0.4 is 19.5 Å². The summed E-state index contributed by atoms with van der Waals surface area (Å²) in [5.74, 6) is 3.07. The molecule has 0 bridgehead atoms. The van der Waals surface area contributed by atoms with Gasteiger partial charge in [-0.25, -0.2) is 0 Å². The number of aliphatic hydroxyl groups is 1. The molecule has 1 aliphatic heterocycles. The van der Waals surface area contributed by atoms with Crippen LogP contribution in [0.25, 0.3) is 10.9 Å². The maximum atomic E-state index is 9.19. The van der Waals surface area contributed by atoms with E-state index in [9.17, 15) is 5.11 Å². The molecule has 8 heteroatoms. The number of benzene rings is 3. The number of hydrogen-bond donors (Lipinski definition) is 2. The van der Waals surface area contributed by atoms with Crippen LogP contribution in [0.5, 0.6) is 23.0 Å². The number of likely N-dealkylation sites (tertiary alicyclic amines) is 1. The zero-order chi connectivity index (χ0) is 30.4. The minimum atomic E-state index is 0.107. The number of rotatable bonds is 11. The van der Waals surface area contributed by atoms with Crippen LogP contribution in [0.15, 0.2) is 66.9 Å². The van der Waals surface area contributed by atoms with E-state index in [0.717, 1.165) is 61.2 Å². The molecule has 0 atom stereocenters. The van der Waals surface area contributed by atoms with E-state index in [1.807, 2.05) is 36.4 Å². The molecular weight excluding hydrogens is 562 g/mol. The van der Waals surface area contributed by atoms with Gasteiger partial charge >= 0.3 is 0 Å². The molecule has 0 saturated carbocycles. The minimum Gasteiger partial charge on any atom is -0.493 e. The highest BCUT2D eigenvalue weighted by molar-refractivity contribution is 6.32. The van der Waals surface area contributed by atoms with E-state index in [2.05, 4.69) is 60.2 Å². The summed E-state index contributed by atoms with van der Waals surface area (Å²) in [7, 11) is 1.64. The number of hydrogen-bond acceptors (Lipinski definition) is 7. The van der Waals surface area contributed by atoms with Crippen LogP contribution in [-0.4, -0.2) is 54.9 Å². The molecule has 228 valence electrons. The Balaban J connectivity index is 1.25. The molecule has 1 fully saturated rings. The number of halogens is 1. The van der Waals surface area contributed by atoms with Gasteiger partial charge in [-0.3, -0.25) is 9.88 Å². The highest BCUT2D eigenvalue weighted by Crippen LogP contribution is 2.39. The monoisotopic (exact) mass is 603 g/mol. The lowest BCUT2D eigenvalue weighted by atomic mass is 9.87. The lowest BCUT2D eigenvalue weighted by molar-refractivity contribution is 0.138. The Hall–Kier alpha value is -3.52. The van der Waals surface area contributed by atoms with Gasteiger partial charge < -0.3 is 24.6 Å². The summed E-state index contributed by atoms with van der Waals surface area (Å²) in [6.45, 7) is 10.4. The first kappa shape index (κ1) is 30.9. The van der Waals surface area contributed by atoms with Gasteiger partial charge in [0.05, 0.1) is 17.6 Å². The topological polar surface area (TPSA) is 76.1 Å². The van der Waals surface area contributed by atoms with Crippen molar-refractivity contribution in [1.82, 2.24) is 9.88 Å². The lowest BCUT2D eigenvalue weighted by Crippen LogP contribution is -2.36. The van der Waals surface area contributed by atoms with Crippen LogP contribution in [0.3, 0.4) is 0 Å². The molecule has 2 N–H and O–H groups in total. The van der Waals surface area contributed by atoms with Crippen LogP contribution in [0.2, 0.25) is 5.02 Å². The van der Waals surface area contributed by atoms with Crippen molar-refractivity contribution in [3.8, 4) is 23.0 Å². The molecule has 0 amide bonds. The van der Waals surface area contributed by atoms with E-state index in [4.69, 9.17) is 25.8 Å². The SMILES string of the molecule is COc1cc2c(Oc3ccc(Nc4ccc(C(C)(C)C)cc4)cc3Cl)ccnc2cc1OCCN1CCC(CCO)CC1. The molecule has 3 aromatic carbocycles. The zero-order valence-corrected chi connectivity index (χ0v) is 26.3. The summed E-state index contributed by atoms with van der Waals surface area (Å²) in [6, 6.07) is 19.7. The van der Waals surface area contributed by atoms with Crippen LogP contribution in [0.4, 0.5) is 11.4 Å². The number of methoxy groups -OCH3 is 1. The zero-order valence-electron chi connectivity index (χ0n) is 25.5. The third-order valence-corrected chi connectivity index (χ3v) is 8.38. The van der Waals surface area contributed by atoms with Gasteiger partial charge in [0.15, 0.2) is 11.5 Å². The third-order valence-electron chi connectivity index (χ3n) is 8.09. The summed E-state index contributed by atoms with van der Waals surface area (Å²) in [5, 5.41) is 13.9. The molecular formula is C35H42ClN3O4. The Morgan fingerprint density at radius 3 is 2.35 bits per heavy atom. The summed E-state index contributed by atoms with van der Waals surface area (Å²) < 4.78 is 18.1. The van der Waals surface area contributed by atoms with Gasteiger partial charge in [-0.2, -0.15) is 0 Å². The highest BCUT2D eigenvalue weighted by atomic mass is 35.5. The van der Waals surface area contributed by atoms with Crippen molar-refractivity contribution < 1.29 is 19.3 Å². The maximum Gasteiger partial charge on any atom is 0.163 e. The van der Waals surface area contributed by atoms with Gasteiger partial charge in [0.2, 0.25) is 0 Å². The van der Waals surface area contributed by atoms with E-state index in [1.54, 1.807) is 13.3 Å². The second kappa shape index (κ2) is 13.8. The van der Waals surface area contributed by atoms with Crippen LogP contribution in [-0.2, 0) is 5.41 Å². The Kier molecular flexibility index (Phi) is 9.96. The third kappa shape index (κ3) is 7.91. The molecule has 0 radical (unpaired) electrons. The summed E-state index contributed by atoms with van der Waals surface area (Å²) >= 11 is 6.67. The highest BCUT2D eigenvalue weighted by Gasteiger charge is 2.19. The number of nitrogens with one attached hydrogen (secondary N) is 1. The smallest absolute Gasteiger partial charge is 0.163 e. The fourth-order valence-corrected chi connectivity index (χ4v) is 5.67. The van der Waals surface area contributed by atoms with E-state index in [1.165, 1.54) is 5.56 Å². The summed E-state index contributed by atoms with van der Waals surface area (Å²) in [6.07, 6.45) is 4.87. The second-order valence-electron chi connectivity index (χ2n) is 12.2. The number of nitrogens with zero attached hydrogens (tertiary/aromatic N) is 2. The second-order valence-corrected chi connectivity index (χ2v) is 12.6. The predicted molar refractivity (Wildman–Crippen MR) is 175 cm³/mol. The summed E-state index contributed by atoms with van der Waals surface area (Å²) in [4.78, 5) is 6.97. The van der Waals surface area contributed by atoms with Crippen molar-refractivity contribution in [2.75, 3.05) is 45.3 Å². The predicted octanol–water partition coefficient (Wildman–Crippen LogP) is 8.20. The Morgan fingerprint density at radius 1 is 0.930 bits per heavy atom. The Bertz CT molecular complexity index is 1510. The number of ether oxygens (including phenoxy) is 3. The normalized spacial score (nSPS) is 14.6. The van der Waals surface area contributed by atoms with Crippen molar-refractivity contribution in [1.29, 1.82) is 0 Å². The molecule has 1 aromatic heterocycles. The van der Waals surface area contributed by atoms with Crippen LogP contribution in [0, 0.1) is 5.92 Å². The molecule has 1 aliphatic rings. The van der Waals surface area contributed by atoms with Gasteiger partial charge in [0, 0.05) is 42.2 Å². The van der Waals surface area contributed by atoms with E-state index < -0.39 is 0 Å². The van der Waals surface area contributed by atoms with E-state index in [-0.39, 0.29) is 12.0 Å². The van der Waals surface area contributed by atoms with E-state index in [0.29, 0.717) is 40.5 Å². The molecule has 2 heterocycles. The first-order valence-corrected chi connectivity index (χ1v) is 15.4. The number of aliphatic hydroxyl groups excluding tert-OH is 1. The van der Waals surface area contributed by atoms with Gasteiger partial charge in [-0.1, -0.05) is 44.5 Å². The Labute approximate surface area is 259 Å². The largest absolute Gasteiger partial charge is 0.493 e. The fourth-order valence-electron chi connectivity index (χ4n) is 5.46. The van der Waals surface area contributed by atoms with E-state index >= 15 is 0 Å². The molecule has 4 aromatic rings.